The largest absolute Gasteiger partial charge is 0.338 e. The minimum atomic E-state index is 0.713. The van der Waals surface area contributed by atoms with Gasteiger partial charge < -0.3 is 10.3 Å². The summed E-state index contributed by atoms with van der Waals surface area (Å²) in [4.78, 5) is 12.8. The second kappa shape index (κ2) is 8.93. The van der Waals surface area contributed by atoms with Crippen molar-refractivity contribution in [3.63, 3.8) is 0 Å². The van der Waals surface area contributed by atoms with Crippen molar-refractivity contribution in [2.45, 2.75) is 26.2 Å². The average Bonchev–Trinajstić information content (AvgIpc) is 3.45. The summed E-state index contributed by atoms with van der Waals surface area (Å²) in [6.07, 6.45) is 11.6. The van der Waals surface area contributed by atoms with Gasteiger partial charge in [-0.25, -0.2) is 9.97 Å². The summed E-state index contributed by atoms with van der Waals surface area (Å²) in [7, 11) is 0. The summed E-state index contributed by atoms with van der Waals surface area (Å²) in [6.45, 7) is 8.34. The molecule has 1 fully saturated rings. The Morgan fingerprint density at radius 2 is 2.09 bits per heavy atom. The topological polar surface area (TPSA) is 82.3 Å². The van der Waals surface area contributed by atoms with Crippen molar-refractivity contribution < 1.29 is 0 Å². The fourth-order valence-electron chi connectivity index (χ4n) is 4.46. The van der Waals surface area contributed by atoms with E-state index in [9.17, 15) is 0 Å². The van der Waals surface area contributed by atoms with Crippen molar-refractivity contribution in [2.24, 2.45) is 5.92 Å². The van der Waals surface area contributed by atoms with Gasteiger partial charge in [0.1, 0.15) is 16.9 Å². The number of hydrogen-bond acceptors (Lipinski definition) is 4. The highest BCUT2D eigenvalue weighted by atomic mass is 15.1. The summed E-state index contributed by atoms with van der Waals surface area (Å²) in [5.74, 6) is 0.713. The lowest BCUT2D eigenvalue weighted by Crippen LogP contribution is -2.27. The van der Waals surface area contributed by atoms with Crippen molar-refractivity contribution in [2.75, 3.05) is 13.1 Å². The second-order valence-electron chi connectivity index (χ2n) is 8.35. The van der Waals surface area contributed by atoms with Gasteiger partial charge in [0.05, 0.1) is 16.9 Å². The van der Waals surface area contributed by atoms with Gasteiger partial charge in [-0.1, -0.05) is 18.7 Å². The van der Waals surface area contributed by atoms with Crippen molar-refractivity contribution in [3.05, 3.63) is 72.6 Å². The zero-order valence-corrected chi connectivity index (χ0v) is 18.4. The van der Waals surface area contributed by atoms with Crippen molar-refractivity contribution in [3.8, 4) is 11.4 Å². The van der Waals surface area contributed by atoms with Gasteiger partial charge in [0.25, 0.3) is 0 Å². The summed E-state index contributed by atoms with van der Waals surface area (Å²) in [6, 6.07) is 10.1. The number of aromatic amines is 2. The number of nitrogens with one attached hydrogen (secondary N) is 3. The fourth-order valence-corrected chi connectivity index (χ4v) is 4.46. The van der Waals surface area contributed by atoms with E-state index in [1.165, 1.54) is 18.4 Å². The van der Waals surface area contributed by atoms with E-state index in [0.717, 1.165) is 64.2 Å². The van der Waals surface area contributed by atoms with Crippen molar-refractivity contribution in [1.82, 2.24) is 30.5 Å². The first-order chi connectivity index (χ1) is 15.7. The van der Waals surface area contributed by atoms with Crippen LogP contribution in [-0.2, 0) is 0 Å². The van der Waals surface area contributed by atoms with Gasteiger partial charge in [-0.3, -0.25) is 5.10 Å². The smallest absolute Gasteiger partial charge is 0.137 e. The van der Waals surface area contributed by atoms with E-state index >= 15 is 0 Å². The van der Waals surface area contributed by atoms with Crippen LogP contribution in [0.5, 0.6) is 0 Å². The lowest BCUT2D eigenvalue weighted by molar-refractivity contribution is 0.374. The molecular formula is C26H28N6. The number of rotatable bonds is 6. The van der Waals surface area contributed by atoms with Crippen LogP contribution in [0.3, 0.4) is 0 Å². The highest BCUT2D eigenvalue weighted by molar-refractivity contribution is 5.93. The molecule has 0 bridgehead atoms. The SMILES string of the molecule is C=C/C(=C\C(=C/C)c1ccc2[nH]nc(-c3cc4cccnc4[nH]3)c2n1)CC1CCNCC1. The maximum atomic E-state index is 5.00. The first-order valence-corrected chi connectivity index (χ1v) is 11.2. The van der Waals surface area contributed by atoms with Gasteiger partial charge in [-0.15, -0.1) is 0 Å². The van der Waals surface area contributed by atoms with Gasteiger partial charge in [0.15, 0.2) is 0 Å². The van der Waals surface area contributed by atoms with Crippen LogP contribution in [-0.4, -0.2) is 38.2 Å². The Kier molecular flexibility index (Phi) is 5.69. The minimum absolute atomic E-state index is 0.713. The maximum absolute atomic E-state index is 5.00. The average molecular weight is 425 g/mol. The lowest BCUT2D eigenvalue weighted by Gasteiger charge is -2.23. The molecule has 0 radical (unpaired) electrons. The van der Waals surface area contributed by atoms with Gasteiger partial charge in [0.2, 0.25) is 0 Å². The molecule has 4 aromatic rings. The maximum Gasteiger partial charge on any atom is 0.137 e. The van der Waals surface area contributed by atoms with Crippen LogP contribution in [0.4, 0.5) is 0 Å². The number of piperidine rings is 1. The van der Waals surface area contributed by atoms with Gasteiger partial charge >= 0.3 is 0 Å². The van der Waals surface area contributed by atoms with E-state index in [2.05, 4.69) is 57.2 Å². The van der Waals surface area contributed by atoms with Gasteiger partial charge in [0, 0.05) is 11.6 Å². The molecule has 1 aliphatic heterocycles. The van der Waals surface area contributed by atoms with Crippen LogP contribution in [0, 0.1) is 5.92 Å². The van der Waals surface area contributed by atoms with E-state index in [-0.39, 0.29) is 0 Å². The number of H-pyrrole nitrogens is 2. The molecule has 0 unspecified atom stereocenters. The summed E-state index contributed by atoms with van der Waals surface area (Å²) < 4.78 is 0. The van der Waals surface area contributed by atoms with E-state index in [1.807, 2.05) is 30.3 Å². The number of nitrogens with zero attached hydrogens (tertiary/aromatic N) is 3. The highest BCUT2D eigenvalue weighted by Crippen LogP contribution is 2.29. The number of hydrogen-bond donors (Lipinski definition) is 3. The molecule has 0 spiro atoms. The molecular weight excluding hydrogens is 396 g/mol. The number of pyridine rings is 2. The molecule has 32 heavy (non-hydrogen) atoms. The van der Waals surface area contributed by atoms with Crippen molar-refractivity contribution >= 4 is 27.6 Å². The second-order valence-corrected chi connectivity index (χ2v) is 8.35. The zero-order valence-electron chi connectivity index (χ0n) is 18.4. The summed E-state index contributed by atoms with van der Waals surface area (Å²) >= 11 is 0. The fraction of sp³-hybridized carbons (Fsp3) is 0.269. The molecule has 0 aromatic carbocycles. The predicted molar refractivity (Wildman–Crippen MR) is 131 cm³/mol. The molecule has 5 rings (SSSR count). The Balaban J connectivity index is 1.49. The normalized spacial score (nSPS) is 16.2. The lowest BCUT2D eigenvalue weighted by atomic mass is 9.90. The van der Waals surface area contributed by atoms with E-state index in [4.69, 9.17) is 4.98 Å². The Morgan fingerprint density at radius 3 is 2.88 bits per heavy atom. The van der Waals surface area contributed by atoms with Crippen molar-refractivity contribution in [1.29, 1.82) is 0 Å². The van der Waals surface area contributed by atoms with Crippen LogP contribution >= 0.6 is 0 Å². The predicted octanol–water partition coefficient (Wildman–Crippen LogP) is 5.41. The van der Waals surface area contributed by atoms with Crippen LogP contribution in [0.2, 0.25) is 0 Å². The quantitative estimate of drug-likeness (QED) is 0.362. The Bertz CT molecular complexity index is 1280. The van der Waals surface area contributed by atoms with Crippen LogP contribution in [0.1, 0.15) is 31.9 Å². The first kappa shape index (κ1) is 20.4. The van der Waals surface area contributed by atoms with Crippen LogP contribution in [0.15, 0.2) is 66.9 Å². The first-order valence-electron chi connectivity index (χ1n) is 11.2. The molecule has 5 heterocycles. The molecule has 6 heteroatoms. The zero-order chi connectivity index (χ0) is 21.9. The Hall–Kier alpha value is -3.51. The molecule has 0 aliphatic carbocycles. The third kappa shape index (κ3) is 4.01. The van der Waals surface area contributed by atoms with Gasteiger partial charge in [-0.2, -0.15) is 5.10 Å². The molecule has 6 nitrogen and oxygen atoms in total. The molecule has 0 amide bonds. The number of aromatic nitrogens is 5. The summed E-state index contributed by atoms with van der Waals surface area (Å²) in [5.41, 5.74) is 7.61. The van der Waals surface area contributed by atoms with Crippen LogP contribution < -0.4 is 5.32 Å². The third-order valence-corrected chi connectivity index (χ3v) is 6.25. The van der Waals surface area contributed by atoms with E-state index in [0.29, 0.717) is 5.92 Å². The molecule has 1 saturated heterocycles. The number of fused-ring (bicyclic) bond motifs is 2. The third-order valence-electron chi connectivity index (χ3n) is 6.25. The van der Waals surface area contributed by atoms with E-state index < -0.39 is 0 Å². The molecule has 4 aromatic heterocycles. The molecule has 1 aliphatic rings. The highest BCUT2D eigenvalue weighted by Gasteiger charge is 2.16. The minimum Gasteiger partial charge on any atom is -0.338 e. The summed E-state index contributed by atoms with van der Waals surface area (Å²) in [5, 5.41) is 12.1. The van der Waals surface area contributed by atoms with Crippen LogP contribution in [0.25, 0.3) is 39.0 Å². The molecule has 162 valence electrons. The van der Waals surface area contributed by atoms with E-state index in [1.54, 1.807) is 6.20 Å². The standard InChI is InChI=1S/C26H28N6/c1-3-17(14-18-9-12-27-13-10-18)15-19(4-2)21-7-8-22-24(29-21)25(32-31-22)23-16-20-6-5-11-28-26(20)30-23/h3-8,11,15-16,18,27H,1,9-10,12-14H2,2H3,(H,28,30)(H,31,32)/b17-15+,19-4+. The monoisotopic (exact) mass is 424 g/mol. The number of allylic oxidation sites excluding steroid dienone is 5. The Morgan fingerprint density at radius 1 is 1.22 bits per heavy atom. The molecule has 0 atom stereocenters. The molecule has 0 saturated carbocycles. The van der Waals surface area contributed by atoms with Gasteiger partial charge in [-0.05, 0) is 92.7 Å². The molecule has 3 N–H and O–H groups in total. The Labute approximate surface area is 187 Å².